The van der Waals surface area contributed by atoms with Gasteiger partial charge in [-0.2, -0.15) is 10.5 Å². The topological polar surface area (TPSA) is 134 Å². The molecule has 0 amide bonds. The second-order valence-electron chi connectivity index (χ2n) is 3.01. The Morgan fingerprint density at radius 2 is 1.56 bits per heavy atom. The maximum absolute atomic E-state index is 10.7. The highest BCUT2D eigenvalue weighted by Crippen LogP contribution is 2.30. The molecule has 0 unspecified atom stereocenters. The van der Waals surface area contributed by atoms with Crippen LogP contribution in [0.5, 0.6) is 0 Å². The van der Waals surface area contributed by atoms with Crippen molar-refractivity contribution in [1.82, 2.24) is 0 Å². The van der Waals surface area contributed by atoms with Gasteiger partial charge < -0.3 is 0 Å². The maximum Gasteiger partial charge on any atom is 0.283 e. The molecule has 0 aliphatic carbocycles. The molecule has 1 aromatic rings. The summed E-state index contributed by atoms with van der Waals surface area (Å²) in [7, 11) is 0. The van der Waals surface area contributed by atoms with Gasteiger partial charge in [-0.1, -0.05) is 0 Å². The highest BCUT2D eigenvalue weighted by atomic mass is 16.6. The van der Waals surface area contributed by atoms with E-state index in [1.165, 1.54) is 12.1 Å². The van der Waals surface area contributed by atoms with Crippen LogP contribution in [0.1, 0.15) is 5.56 Å². The summed E-state index contributed by atoms with van der Waals surface area (Å²) >= 11 is 0. The van der Waals surface area contributed by atoms with E-state index in [9.17, 15) is 20.2 Å². The van der Waals surface area contributed by atoms with E-state index in [-0.39, 0.29) is 5.56 Å². The third-order valence-electron chi connectivity index (χ3n) is 1.98. The molecule has 0 saturated carbocycles. The summed E-state index contributed by atoms with van der Waals surface area (Å²) in [6.07, 6.45) is 0.830. The number of hydrogen-bond acceptors (Lipinski definition) is 6. The third kappa shape index (κ3) is 2.46. The number of hydrogen-bond donors (Lipinski definition) is 0. The molecular weight excluding hydrogens is 240 g/mol. The van der Waals surface area contributed by atoms with E-state index in [2.05, 4.69) is 0 Å². The molecule has 0 atom stereocenters. The Morgan fingerprint density at radius 3 is 1.89 bits per heavy atom. The molecule has 0 aliphatic rings. The van der Waals surface area contributed by atoms with Crippen molar-refractivity contribution in [2.75, 3.05) is 0 Å². The number of nitro benzene ring substituents is 2. The summed E-state index contributed by atoms with van der Waals surface area (Å²) < 4.78 is 0. The third-order valence-corrected chi connectivity index (χ3v) is 1.98. The molecule has 0 aromatic heterocycles. The van der Waals surface area contributed by atoms with Crippen LogP contribution in [0.3, 0.4) is 0 Å². The molecule has 8 heteroatoms. The Balaban J connectivity index is 3.63. The predicted octanol–water partition coefficient (Wildman–Crippen LogP) is 1.93. The second kappa shape index (κ2) is 5.18. The zero-order valence-electron chi connectivity index (χ0n) is 8.73. The van der Waals surface area contributed by atoms with Crippen molar-refractivity contribution in [3.63, 3.8) is 0 Å². The lowest BCUT2D eigenvalue weighted by Crippen LogP contribution is -1.97. The van der Waals surface area contributed by atoms with Crippen LogP contribution in [0.15, 0.2) is 23.8 Å². The fourth-order valence-electron chi connectivity index (χ4n) is 1.24. The lowest BCUT2D eigenvalue weighted by atomic mass is 10.1. The number of benzene rings is 1. The first kappa shape index (κ1) is 12.8. The largest absolute Gasteiger partial charge is 0.283 e. The Bertz CT molecular complexity index is 588. The standard InChI is InChI=1S/C10H4N4O4/c11-5-7(6-12)4-8-9(13(15)16)2-1-3-10(8)14(17)18/h1-4H. The summed E-state index contributed by atoms with van der Waals surface area (Å²) in [5.74, 6) is 0. The van der Waals surface area contributed by atoms with E-state index in [0.29, 0.717) is 0 Å². The highest BCUT2D eigenvalue weighted by Gasteiger charge is 2.23. The van der Waals surface area contributed by atoms with Crippen molar-refractivity contribution in [2.24, 2.45) is 0 Å². The van der Waals surface area contributed by atoms with Crippen LogP contribution in [0.4, 0.5) is 11.4 Å². The van der Waals surface area contributed by atoms with Gasteiger partial charge in [0.25, 0.3) is 11.4 Å². The molecule has 0 N–H and O–H groups in total. The smallest absolute Gasteiger partial charge is 0.258 e. The number of nitriles is 2. The normalized spacial score (nSPS) is 8.78. The summed E-state index contributed by atoms with van der Waals surface area (Å²) in [5, 5.41) is 38.6. The van der Waals surface area contributed by atoms with Crippen molar-refractivity contribution >= 4 is 17.5 Å². The summed E-state index contributed by atoms with van der Waals surface area (Å²) in [6.45, 7) is 0. The number of nitrogens with zero attached hydrogens (tertiary/aromatic N) is 4. The number of allylic oxidation sites excluding steroid dienone is 1. The Morgan fingerprint density at radius 1 is 1.11 bits per heavy atom. The molecular formula is C10H4N4O4. The van der Waals surface area contributed by atoms with E-state index in [4.69, 9.17) is 10.5 Å². The first-order valence-electron chi connectivity index (χ1n) is 4.45. The summed E-state index contributed by atoms with van der Waals surface area (Å²) in [6, 6.07) is 6.25. The monoisotopic (exact) mass is 244 g/mol. The van der Waals surface area contributed by atoms with Gasteiger partial charge in [-0.05, 0) is 12.1 Å². The minimum atomic E-state index is -0.814. The van der Waals surface area contributed by atoms with E-state index in [1.54, 1.807) is 0 Å². The van der Waals surface area contributed by atoms with Crippen molar-refractivity contribution in [3.8, 4) is 12.1 Å². The molecule has 0 spiro atoms. The zero-order chi connectivity index (χ0) is 13.7. The van der Waals surface area contributed by atoms with E-state index >= 15 is 0 Å². The summed E-state index contributed by atoms with van der Waals surface area (Å²) in [4.78, 5) is 19.9. The Labute approximate surface area is 100 Å². The summed E-state index contributed by atoms with van der Waals surface area (Å²) in [5.41, 5.74) is -1.89. The lowest BCUT2D eigenvalue weighted by Gasteiger charge is -1.99. The van der Waals surface area contributed by atoms with Crippen LogP contribution < -0.4 is 0 Å². The number of rotatable bonds is 3. The highest BCUT2D eigenvalue weighted by molar-refractivity contribution is 5.75. The van der Waals surface area contributed by atoms with E-state index in [1.807, 2.05) is 0 Å². The van der Waals surface area contributed by atoms with Crippen LogP contribution in [0.2, 0.25) is 0 Å². The quantitative estimate of drug-likeness (QED) is 0.452. The second-order valence-corrected chi connectivity index (χ2v) is 3.01. The van der Waals surface area contributed by atoms with Gasteiger partial charge in [0, 0.05) is 12.1 Å². The van der Waals surface area contributed by atoms with Crippen molar-refractivity contribution in [3.05, 3.63) is 49.6 Å². The molecule has 1 rings (SSSR count). The van der Waals surface area contributed by atoms with Crippen LogP contribution in [0.25, 0.3) is 6.08 Å². The number of nitro groups is 2. The average Bonchev–Trinajstić information content (AvgIpc) is 2.35. The van der Waals surface area contributed by atoms with Crippen molar-refractivity contribution in [1.29, 1.82) is 10.5 Å². The molecule has 8 nitrogen and oxygen atoms in total. The van der Waals surface area contributed by atoms with Gasteiger partial charge in [0.1, 0.15) is 23.3 Å². The average molecular weight is 244 g/mol. The maximum atomic E-state index is 10.7. The van der Waals surface area contributed by atoms with E-state index in [0.717, 1.165) is 24.3 Å². The molecule has 0 radical (unpaired) electrons. The first-order valence-corrected chi connectivity index (χ1v) is 4.45. The Kier molecular flexibility index (Phi) is 3.69. The van der Waals surface area contributed by atoms with Gasteiger partial charge in [0.2, 0.25) is 0 Å². The minimum absolute atomic E-state index is 0.370. The van der Waals surface area contributed by atoms with Crippen LogP contribution in [-0.4, -0.2) is 9.85 Å². The molecule has 0 saturated heterocycles. The predicted molar refractivity (Wildman–Crippen MR) is 59.0 cm³/mol. The minimum Gasteiger partial charge on any atom is -0.258 e. The molecule has 1 aromatic carbocycles. The SMILES string of the molecule is N#CC(C#N)=Cc1c([N+](=O)[O-])cccc1[N+](=O)[O-]. The first-order chi connectivity index (χ1) is 8.51. The van der Waals surface area contributed by atoms with Gasteiger partial charge in [-0.25, -0.2) is 0 Å². The molecule has 88 valence electrons. The van der Waals surface area contributed by atoms with Crippen molar-refractivity contribution in [2.45, 2.75) is 0 Å². The van der Waals surface area contributed by atoms with Crippen LogP contribution >= 0.6 is 0 Å². The zero-order valence-corrected chi connectivity index (χ0v) is 8.73. The van der Waals surface area contributed by atoms with Gasteiger partial charge >= 0.3 is 0 Å². The van der Waals surface area contributed by atoms with Gasteiger partial charge in [0.15, 0.2) is 0 Å². The Hall–Kier alpha value is -3.26. The van der Waals surface area contributed by atoms with E-state index < -0.39 is 26.8 Å². The van der Waals surface area contributed by atoms with Crippen LogP contribution in [-0.2, 0) is 0 Å². The van der Waals surface area contributed by atoms with Crippen LogP contribution in [0, 0.1) is 42.9 Å². The molecule has 0 fully saturated rings. The lowest BCUT2D eigenvalue weighted by molar-refractivity contribution is -0.394. The van der Waals surface area contributed by atoms with Gasteiger partial charge in [-0.15, -0.1) is 0 Å². The molecule has 0 heterocycles. The molecule has 18 heavy (non-hydrogen) atoms. The molecule has 0 bridgehead atoms. The van der Waals surface area contributed by atoms with Gasteiger partial charge in [-0.3, -0.25) is 20.2 Å². The fourth-order valence-corrected chi connectivity index (χ4v) is 1.24. The molecule has 0 aliphatic heterocycles. The fraction of sp³-hybridized carbons (Fsp3) is 0. The van der Waals surface area contributed by atoms with Crippen molar-refractivity contribution < 1.29 is 9.85 Å². The van der Waals surface area contributed by atoms with Gasteiger partial charge in [0.05, 0.1) is 9.85 Å².